The number of nitrogens with two attached hydrogens (primary N) is 1. The van der Waals surface area contributed by atoms with Gasteiger partial charge in [-0.05, 0) is 16.8 Å². The van der Waals surface area contributed by atoms with Gasteiger partial charge < -0.3 is 40.2 Å². The summed E-state index contributed by atoms with van der Waals surface area (Å²) in [5.41, 5.74) is 5.29. The Kier molecular flexibility index (Phi) is 10.5. The number of hydrogen-bond donors (Lipinski definition) is 4. The molecular formula is C16H19N9O10. The zero-order valence-electron chi connectivity index (χ0n) is 18.3. The number of nitrogen functional groups attached to an aromatic ring is 1. The second kappa shape index (κ2) is 13.2. The number of methoxy groups -OCH3 is 2. The standard InChI is InChI=1S/C6H7N3O4.C5H5N3O4.C5H7N3O2/c1-2-13-6(10)4-3-5(8-7-4)9(11)12;1-12-5(9)3-2-4(7-6-3)8(10)11;1-10-5(9)3-2-4(6)8-7-3/h3H,2H2,1H3,(H,7,8);2H,1H3,(H,6,7);2H,1H3,(H3,6,7,8). The van der Waals surface area contributed by atoms with Crippen molar-refractivity contribution in [2.24, 2.45) is 0 Å². The zero-order valence-corrected chi connectivity index (χ0v) is 18.3. The van der Waals surface area contributed by atoms with E-state index in [0.717, 1.165) is 12.1 Å². The van der Waals surface area contributed by atoms with E-state index in [1.54, 1.807) is 6.92 Å². The molecule has 0 aliphatic rings. The van der Waals surface area contributed by atoms with Crippen molar-refractivity contribution >= 4 is 35.4 Å². The van der Waals surface area contributed by atoms with Crippen LogP contribution in [0.4, 0.5) is 17.5 Å². The van der Waals surface area contributed by atoms with E-state index >= 15 is 0 Å². The summed E-state index contributed by atoms with van der Waals surface area (Å²) in [5, 5.41) is 37.2. The van der Waals surface area contributed by atoms with Gasteiger partial charge in [0.2, 0.25) is 0 Å². The van der Waals surface area contributed by atoms with E-state index in [2.05, 4.69) is 44.8 Å². The summed E-state index contributed by atoms with van der Waals surface area (Å²) in [6, 6.07) is 3.44. The molecule has 0 aliphatic heterocycles. The topological polar surface area (TPSA) is 277 Å². The smallest absolute Gasteiger partial charge is 0.361 e. The molecule has 5 N–H and O–H groups in total. The highest BCUT2D eigenvalue weighted by atomic mass is 16.6. The molecule has 3 aromatic heterocycles. The number of H-pyrrole nitrogens is 3. The number of nitrogens with one attached hydrogen (secondary N) is 3. The molecule has 0 amide bonds. The molecule has 0 saturated carbocycles. The third-order valence-electron chi connectivity index (χ3n) is 3.40. The first-order valence-electron chi connectivity index (χ1n) is 9.08. The Balaban J connectivity index is 0.000000265. The van der Waals surface area contributed by atoms with Gasteiger partial charge in [-0.15, -0.1) is 10.2 Å². The lowest BCUT2D eigenvalue weighted by atomic mass is 10.4. The summed E-state index contributed by atoms with van der Waals surface area (Å²) in [5.74, 6) is -2.24. The van der Waals surface area contributed by atoms with Crippen LogP contribution in [0.1, 0.15) is 38.4 Å². The van der Waals surface area contributed by atoms with Crippen molar-refractivity contribution in [3.63, 3.8) is 0 Å². The second-order valence-electron chi connectivity index (χ2n) is 5.70. The Labute approximate surface area is 194 Å². The first kappa shape index (κ1) is 27.7. The number of hydrogen-bond acceptors (Lipinski definition) is 14. The van der Waals surface area contributed by atoms with E-state index in [9.17, 15) is 34.6 Å². The van der Waals surface area contributed by atoms with Crippen LogP contribution in [0.5, 0.6) is 0 Å². The van der Waals surface area contributed by atoms with Crippen LogP contribution in [0.15, 0.2) is 18.2 Å². The number of esters is 3. The lowest BCUT2D eigenvalue weighted by molar-refractivity contribution is -0.389. The highest BCUT2D eigenvalue weighted by Gasteiger charge is 2.17. The Morgan fingerprint density at radius 1 is 0.857 bits per heavy atom. The lowest BCUT2D eigenvalue weighted by Gasteiger charge is -1.93. The summed E-state index contributed by atoms with van der Waals surface area (Å²) in [6.45, 7) is 1.85. The minimum atomic E-state index is -0.709. The molecule has 0 aliphatic carbocycles. The van der Waals surface area contributed by atoms with Crippen LogP contribution in [-0.2, 0) is 14.2 Å². The third kappa shape index (κ3) is 8.59. The maximum Gasteiger partial charge on any atom is 0.361 e. The molecule has 0 aromatic carbocycles. The number of carbonyl (C=O) groups excluding carboxylic acids is 3. The third-order valence-corrected chi connectivity index (χ3v) is 3.40. The molecule has 0 bridgehead atoms. The minimum Gasteiger partial charge on any atom is -0.464 e. The van der Waals surface area contributed by atoms with Gasteiger partial charge in [-0.2, -0.15) is 5.10 Å². The van der Waals surface area contributed by atoms with Crippen LogP contribution in [0.3, 0.4) is 0 Å². The van der Waals surface area contributed by atoms with Crippen molar-refractivity contribution < 1.29 is 38.4 Å². The predicted octanol–water partition coefficient (Wildman–Crippen LogP) is 0.378. The first-order valence-corrected chi connectivity index (χ1v) is 9.08. The zero-order chi connectivity index (χ0) is 26.5. The fourth-order valence-electron chi connectivity index (χ4n) is 1.88. The van der Waals surface area contributed by atoms with Gasteiger partial charge in [0.15, 0.2) is 11.4 Å². The average molecular weight is 497 g/mol. The molecule has 0 saturated heterocycles. The monoisotopic (exact) mass is 497 g/mol. The van der Waals surface area contributed by atoms with Crippen LogP contribution in [0.2, 0.25) is 0 Å². The van der Waals surface area contributed by atoms with Crippen molar-refractivity contribution in [1.82, 2.24) is 30.6 Å². The van der Waals surface area contributed by atoms with E-state index in [1.807, 2.05) is 0 Å². The van der Waals surface area contributed by atoms with Crippen molar-refractivity contribution in [2.75, 3.05) is 26.6 Å². The van der Waals surface area contributed by atoms with Gasteiger partial charge in [-0.25, -0.2) is 14.4 Å². The Morgan fingerprint density at radius 2 is 1.34 bits per heavy atom. The highest BCUT2D eigenvalue weighted by molar-refractivity contribution is 5.88. The summed E-state index contributed by atoms with van der Waals surface area (Å²) in [4.78, 5) is 51.3. The van der Waals surface area contributed by atoms with E-state index in [1.165, 1.54) is 20.3 Å². The van der Waals surface area contributed by atoms with Gasteiger partial charge in [0, 0.05) is 6.07 Å². The quantitative estimate of drug-likeness (QED) is 0.155. The number of rotatable bonds is 6. The van der Waals surface area contributed by atoms with E-state index in [4.69, 9.17) is 5.73 Å². The normalized spacial score (nSPS) is 9.46. The second-order valence-corrected chi connectivity index (χ2v) is 5.70. The molecule has 19 nitrogen and oxygen atoms in total. The van der Waals surface area contributed by atoms with Gasteiger partial charge in [-0.3, -0.25) is 5.10 Å². The molecule has 0 radical (unpaired) electrons. The van der Waals surface area contributed by atoms with Gasteiger partial charge in [-0.1, -0.05) is 10.2 Å². The molecule has 3 aromatic rings. The number of aromatic nitrogens is 6. The molecule has 35 heavy (non-hydrogen) atoms. The summed E-state index contributed by atoms with van der Waals surface area (Å²) < 4.78 is 13.2. The molecule has 0 spiro atoms. The van der Waals surface area contributed by atoms with E-state index in [0.29, 0.717) is 0 Å². The Bertz CT molecular complexity index is 1180. The molecule has 3 heterocycles. The number of ether oxygens (including phenoxy) is 3. The first-order chi connectivity index (χ1) is 16.5. The molecule has 0 unspecified atom stereocenters. The predicted molar refractivity (Wildman–Crippen MR) is 112 cm³/mol. The van der Waals surface area contributed by atoms with Crippen molar-refractivity contribution in [1.29, 1.82) is 0 Å². The number of anilines is 1. The lowest BCUT2D eigenvalue weighted by Crippen LogP contribution is -2.04. The largest absolute Gasteiger partial charge is 0.464 e. The van der Waals surface area contributed by atoms with E-state index in [-0.39, 0.29) is 41.1 Å². The molecule has 0 fully saturated rings. The van der Waals surface area contributed by atoms with Crippen molar-refractivity contribution in [3.8, 4) is 0 Å². The van der Waals surface area contributed by atoms with Gasteiger partial charge in [0.05, 0.1) is 33.0 Å². The number of carbonyl (C=O) groups is 3. The summed E-state index contributed by atoms with van der Waals surface area (Å²) in [7, 11) is 2.46. The molecular weight excluding hydrogens is 478 g/mol. The maximum absolute atomic E-state index is 11.0. The van der Waals surface area contributed by atoms with Crippen LogP contribution in [0.25, 0.3) is 0 Å². The van der Waals surface area contributed by atoms with Crippen LogP contribution in [-0.4, -0.2) is 79.2 Å². The van der Waals surface area contributed by atoms with Gasteiger partial charge in [0.25, 0.3) is 0 Å². The number of nitro groups is 2. The fraction of sp³-hybridized carbons (Fsp3) is 0.250. The number of nitrogens with zero attached hydrogens (tertiary/aromatic N) is 5. The van der Waals surface area contributed by atoms with Crippen LogP contribution >= 0.6 is 0 Å². The summed E-state index contributed by atoms with van der Waals surface area (Å²) >= 11 is 0. The Hall–Kier alpha value is -5.36. The maximum atomic E-state index is 11.0. The van der Waals surface area contributed by atoms with Gasteiger partial charge in [0.1, 0.15) is 11.5 Å². The number of aromatic amines is 3. The minimum absolute atomic E-state index is 0.0893. The van der Waals surface area contributed by atoms with E-state index < -0.39 is 27.8 Å². The Morgan fingerprint density at radius 3 is 1.69 bits per heavy atom. The molecule has 0 atom stereocenters. The molecule has 188 valence electrons. The summed E-state index contributed by atoms with van der Waals surface area (Å²) in [6.07, 6.45) is 0. The SMILES string of the molecule is CCOC(=O)c1cc([N+](=O)[O-])[nH]n1.COC(=O)c1cc(N)n[nH]1.COC(=O)c1cc([N+](=O)[O-])[nH]n1. The fourth-order valence-corrected chi connectivity index (χ4v) is 1.88. The van der Waals surface area contributed by atoms with Crippen LogP contribution in [0, 0.1) is 20.2 Å². The van der Waals surface area contributed by atoms with Crippen molar-refractivity contribution in [2.45, 2.75) is 6.92 Å². The molecule has 3 rings (SSSR count). The molecule has 19 heteroatoms. The van der Waals surface area contributed by atoms with Crippen molar-refractivity contribution in [3.05, 3.63) is 55.5 Å². The van der Waals surface area contributed by atoms with Gasteiger partial charge >= 0.3 is 29.5 Å². The van der Waals surface area contributed by atoms with Crippen LogP contribution < -0.4 is 5.73 Å². The highest BCUT2D eigenvalue weighted by Crippen LogP contribution is 2.09. The average Bonchev–Trinajstić information content (AvgIpc) is 3.59.